The predicted octanol–water partition coefficient (Wildman–Crippen LogP) is 0.446. The van der Waals surface area contributed by atoms with Crippen LogP contribution >= 0.6 is 0 Å². The fourth-order valence-corrected chi connectivity index (χ4v) is 3.78. The summed E-state index contributed by atoms with van der Waals surface area (Å²) >= 11 is 0. The average molecular weight is 443 g/mol. The molecule has 172 valence electrons. The van der Waals surface area contributed by atoms with Crippen molar-refractivity contribution in [2.45, 2.75) is 58.5 Å². The lowest BCUT2D eigenvalue weighted by molar-refractivity contribution is -0.307. The number of fused-ring (bicyclic) bond motifs is 3. The molecule has 1 aromatic heterocycles. The number of benzene rings is 1. The highest BCUT2D eigenvalue weighted by molar-refractivity contribution is 5.90. The molecule has 0 bridgehead atoms. The zero-order valence-corrected chi connectivity index (χ0v) is 18.4. The molecular weight excluding hydrogens is 416 g/mol. The number of carboxylic acids is 1. The highest BCUT2D eigenvalue weighted by atomic mass is 16.5. The number of aliphatic carboxylic acids is 1. The number of nitrogens with one attached hydrogen (secondary N) is 2. The van der Waals surface area contributed by atoms with Crippen LogP contribution in [0.2, 0.25) is 0 Å². The number of aryl methyl sites for hydroxylation is 1. The van der Waals surface area contributed by atoms with Crippen molar-refractivity contribution in [1.29, 1.82) is 0 Å². The topological polar surface area (TPSA) is 138 Å². The van der Waals surface area contributed by atoms with Gasteiger partial charge in [-0.3, -0.25) is 9.59 Å². The van der Waals surface area contributed by atoms with Gasteiger partial charge in [0, 0.05) is 17.0 Å². The van der Waals surface area contributed by atoms with Crippen LogP contribution in [0.1, 0.15) is 44.7 Å². The first-order chi connectivity index (χ1) is 15.2. The summed E-state index contributed by atoms with van der Waals surface area (Å²) in [4.78, 5) is 47.8. The predicted molar refractivity (Wildman–Crippen MR) is 114 cm³/mol. The summed E-state index contributed by atoms with van der Waals surface area (Å²) in [5.74, 6) is -2.52. The molecule has 1 heterocycles. The molecule has 0 saturated carbocycles. The number of carbonyl (C=O) groups is 3. The lowest BCUT2D eigenvalue weighted by atomic mass is 9.91. The molecule has 32 heavy (non-hydrogen) atoms. The van der Waals surface area contributed by atoms with E-state index >= 15 is 0 Å². The molecule has 0 unspecified atom stereocenters. The standard InChI is InChI=1S/C23H28N2O7/c1-12(2)20(21(27)24-13(3)22(28)29)25-19(26)11-31-14-8-9-16-15-6-4-5-7-17(15)23(30)32-18(16)10-14/h8-10,12-13,20H,4-7,11H2,1-3H3,(H,24,27)(H,25,26)(H,28,29)/p-1/t13-,20+/m1/s1. The number of carbonyl (C=O) groups excluding carboxylic acids is 3. The smallest absolute Gasteiger partial charge is 0.339 e. The van der Waals surface area contributed by atoms with E-state index in [1.54, 1.807) is 26.0 Å². The molecule has 2 atom stereocenters. The molecule has 1 aromatic carbocycles. The highest BCUT2D eigenvalue weighted by Gasteiger charge is 2.25. The molecule has 0 saturated heterocycles. The van der Waals surface area contributed by atoms with Crippen LogP contribution in [0.15, 0.2) is 27.4 Å². The van der Waals surface area contributed by atoms with Crippen molar-refractivity contribution in [1.82, 2.24) is 10.6 Å². The van der Waals surface area contributed by atoms with E-state index in [2.05, 4.69) is 10.6 Å². The van der Waals surface area contributed by atoms with Crippen LogP contribution < -0.4 is 26.1 Å². The summed E-state index contributed by atoms with van der Waals surface area (Å²) in [5, 5.41) is 16.6. The Morgan fingerprint density at radius 3 is 2.44 bits per heavy atom. The van der Waals surface area contributed by atoms with Crippen LogP contribution in [0.25, 0.3) is 11.0 Å². The second-order valence-electron chi connectivity index (χ2n) is 8.34. The summed E-state index contributed by atoms with van der Waals surface area (Å²) < 4.78 is 11.0. The first kappa shape index (κ1) is 23.3. The fraction of sp³-hybridized carbons (Fsp3) is 0.478. The maximum atomic E-state index is 12.3. The van der Waals surface area contributed by atoms with E-state index in [0.29, 0.717) is 11.3 Å². The van der Waals surface area contributed by atoms with Gasteiger partial charge in [0.15, 0.2) is 6.61 Å². The third-order valence-electron chi connectivity index (χ3n) is 5.54. The first-order valence-electron chi connectivity index (χ1n) is 10.7. The van der Waals surface area contributed by atoms with Crippen LogP contribution in [-0.4, -0.2) is 36.5 Å². The maximum absolute atomic E-state index is 12.3. The quantitative estimate of drug-likeness (QED) is 0.565. The number of hydrogen-bond acceptors (Lipinski definition) is 7. The van der Waals surface area contributed by atoms with Crippen LogP contribution in [0, 0.1) is 5.92 Å². The third kappa shape index (κ3) is 5.27. The number of ether oxygens (including phenoxy) is 1. The number of rotatable bonds is 8. The van der Waals surface area contributed by atoms with Crippen molar-refractivity contribution in [3.8, 4) is 5.75 Å². The van der Waals surface area contributed by atoms with E-state index in [1.807, 2.05) is 6.07 Å². The Morgan fingerprint density at radius 2 is 1.78 bits per heavy atom. The SMILES string of the molecule is CC(C)[C@H](NC(=O)COc1ccc2c3c(c(=O)oc2c1)CCCC3)C(=O)N[C@H](C)C(=O)[O-]. The van der Waals surface area contributed by atoms with E-state index in [1.165, 1.54) is 6.92 Å². The van der Waals surface area contributed by atoms with Gasteiger partial charge < -0.3 is 29.7 Å². The Bertz CT molecular complexity index is 1090. The van der Waals surface area contributed by atoms with E-state index in [-0.39, 0.29) is 18.2 Å². The van der Waals surface area contributed by atoms with E-state index < -0.39 is 29.9 Å². The van der Waals surface area contributed by atoms with E-state index in [9.17, 15) is 24.3 Å². The normalized spacial score (nSPS) is 15.0. The van der Waals surface area contributed by atoms with Gasteiger partial charge in [0.2, 0.25) is 5.91 Å². The molecule has 0 spiro atoms. The molecule has 3 rings (SSSR count). The zero-order chi connectivity index (χ0) is 23.4. The van der Waals surface area contributed by atoms with Gasteiger partial charge in [0.05, 0.1) is 12.0 Å². The monoisotopic (exact) mass is 443 g/mol. The maximum Gasteiger partial charge on any atom is 0.339 e. The van der Waals surface area contributed by atoms with E-state index in [0.717, 1.165) is 42.2 Å². The third-order valence-corrected chi connectivity index (χ3v) is 5.54. The van der Waals surface area contributed by atoms with Crippen molar-refractivity contribution < 1.29 is 28.6 Å². The lowest BCUT2D eigenvalue weighted by Gasteiger charge is -2.24. The summed E-state index contributed by atoms with van der Waals surface area (Å²) in [6.07, 6.45) is 3.55. The molecule has 1 aliphatic carbocycles. The summed E-state index contributed by atoms with van der Waals surface area (Å²) in [7, 11) is 0. The van der Waals surface area contributed by atoms with Crippen molar-refractivity contribution in [2.24, 2.45) is 5.92 Å². The second-order valence-corrected chi connectivity index (χ2v) is 8.34. The van der Waals surface area contributed by atoms with Gasteiger partial charge in [0.1, 0.15) is 17.4 Å². The Hall–Kier alpha value is -3.36. The number of carboxylic acid groups (broad SMARTS) is 1. The van der Waals surface area contributed by atoms with Gasteiger partial charge in [-0.1, -0.05) is 13.8 Å². The van der Waals surface area contributed by atoms with Gasteiger partial charge >= 0.3 is 5.63 Å². The van der Waals surface area contributed by atoms with Crippen molar-refractivity contribution >= 4 is 28.8 Å². The Labute approximate surface area is 185 Å². The molecule has 9 heteroatoms. The Kier molecular flexibility index (Phi) is 7.17. The molecule has 9 nitrogen and oxygen atoms in total. The highest BCUT2D eigenvalue weighted by Crippen LogP contribution is 2.29. The molecule has 2 amide bonds. The van der Waals surface area contributed by atoms with Gasteiger partial charge in [-0.15, -0.1) is 0 Å². The average Bonchev–Trinajstić information content (AvgIpc) is 2.75. The minimum Gasteiger partial charge on any atom is -0.548 e. The van der Waals surface area contributed by atoms with Crippen LogP contribution in [0.5, 0.6) is 5.75 Å². The Morgan fingerprint density at radius 1 is 1.09 bits per heavy atom. The van der Waals surface area contributed by atoms with Crippen LogP contribution in [0.3, 0.4) is 0 Å². The number of hydrogen-bond donors (Lipinski definition) is 2. The first-order valence-corrected chi connectivity index (χ1v) is 10.7. The summed E-state index contributed by atoms with van der Waals surface area (Å²) in [6.45, 7) is 4.36. The van der Waals surface area contributed by atoms with Crippen molar-refractivity contribution in [3.63, 3.8) is 0 Å². The second kappa shape index (κ2) is 9.84. The lowest BCUT2D eigenvalue weighted by Crippen LogP contribution is -2.55. The molecular formula is C23H27N2O7-. The van der Waals surface area contributed by atoms with Gasteiger partial charge in [-0.25, -0.2) is 4.79 Å². The van der Waals surface area contributed by atoms with Crippen molar-refractivity contribution in [2.75, 3.05) is 6.61 Å². The largest absolute Gasteiger partial charge is 0.548 e. The van der Waals surface area contributed by atoms with E-state index in [4.69, 9.17) is 9.15 Å². The van der Waals surface area contributed by atoms with Crippen molar-refractivity contribution in [3.05, 3.63) is 39.7 Å². The van der Waals surface area contributed by atoms with Gasteiger partial charge in [0.25, 0.3) is 5.91 Å². The fourth-order valence-electron chi connectivity index (χ4n) is 3.78. The van der Waals surface area contributed by atoms with Gasteiger partial charge in [-0.2, -0.15) is 0 Å². The van der Waals surface area contributed by atoms with Crippen LogP contribution in [-0.2, 0) is 27.2 Å². The van der Waals surface area contributed by atoms with Gasteiger partial charge in [-0.05, 0) is 56.2 Å². The molecule has 2 N–H and O–H groups in total. The summed E-state index contributed by atoms with van der Waals surface area (Å²) in [6, 6.07) is 2.98. The molecule has 2 aromatic rings. The van der Waals surface area contributed by atoms with Crippen LogP contribution in [0.4, 0.5) is 0 Å². The molecule has 1 aliphatic rings. The zero-order valence-electron chi connectivity index (χ0n) is 18.4. The summed E-state index contributed by atoms with van der Waals surface area (Å²) in [5.41, 5.74) is 1.83. The molecule has 0 radical (unpaired) electrons. The minimum absolute atomic E-state index is 0.283. The Balaban J connectivity index is 1.66. The molecule has 0 fully saturated rings. The minimum atomic E-state index is -1.42. The molecule has 0 aliphatic heterocycles. The number of amides is 2.